The highest BCUT2D eigenvalue weighted by molar-refractivity contribution is 6.05. The van der Waals surface area contributed by atoms with Crippen molar-refractivity contribution in [2.75, 3.05) is 25.5 Å². The van der Waals surface area contributed by atoms with Crippen LogP contribution in [0.5, 0.6) is 0 Å². The molecule has 0 radical (unpaired) electrons. The standard InChI is InChI=1S/C21H25N5O3/c1-13-16(5-3-8-22-13)24-20(28)18-15-7-10-26(12-14(15)11-23-19(18)27)21(29)17-6-4-9-25(17)2/h3,5,8,11,17H,4,6-7,9-10,12H2,1-2H3,(H,23,27)(H,24,28)/t17-/m0/s1. The summed E-state index contributed by atoms with van der Waals surface area (Å²) in [5.41, 5.74) is 2.49. The van der Waals surface area contributed by atoms with Crippen LogP contribution in [0.1, 0.15) is 40.0 Å². The van der Waals surface area contributed by atoms with E-state index in [1.807, 2.05) is 11.9 Å². The van der Waals surface area contributed by atoms with Gasteiger partial charge in [0.25, 0.3) is 11.5 Å². The van der Waals surface area contributed by atoms with Gasteiger partial charge in [0.2, 0.25) is 5.91 Å². The van der Waals surface area contributed by atoms with Crippen molar-refractivity contribution in [3.05, 3.63) is 57.3 Å². The molecule has 4 heterocycles. The number of hydrogen-bond donors (Lipinski definition) is 2. The van der Waals surface area contributed by atoms with E-state index in [0.29, 0.717) is 30.9 Å². The molecule has 0 spiro atoms. The van der Waals surface area contributed by atoms with E-state index < -0.39 is 11.5 Å². The van der Waals surface area contributed by atoms with Gasteiger partial charge in [-0.2, -0.15) is 0 Å². The molecule has 1 atom stereocenters. The number of amides is 2. The highest BCUT2D eigenvalue weighted by Crippen LogP contribution is 2.24. The lowest BCUT2D eigenvalue weighted by Crippen LogP contribution is -2.46. The van der Waals surface area contributed by atoms with Crippen LogP contribution in [-0.2, 0) is 17.8 Å². The number of hydrogen-bond acceptors (Lipinski definition) is 5. The van der Waals surface area contributed by atoms with E-state index in [9.17, 15) is 14.4 Å². The number of likely N-dealkylation sites (N-methyl/N-ethyl adjacent to an activating group) is 1. The highest BCUT2D eigenvalue weighted by atomic mass is 16.2. The number of likely N-dealkylation sites (tertiary alicyclic amines) is 1. The molecular formula is C21H25N5O3. The Morgan fingerprint density at radius 2 is 2.14 bits per heavy atom. The Hall–Kier alpha value is -3.00. The van der Waals surface area contributed by atoms with Gasteiger partial charge in [-0.05, 0) is 63.0 Å². The molecule has 1 saturated heterocycles. The van der Waals surface area contributed by atoms with Gasteiger partial charge in [0.15, 0.2) is 0 Å². The quantitative estimate of drug-likeness (QED) is 0.817. The maximum absolute atomic E-state index is 12.9. The van der Waals surface area contributed by atoms with Gasteiger partial charge in [-0.15, -0.1) is 0 Å². The molecule has 8 nitrogen and oxygen atoms in total. The lowest BCUT2D eigenvalue weighted by atomic mass is 9.95. The van der Waals surface area contributed by atoms with Crippen LogP contribution in [0.25, 0.3) is 0 Å². The van der Waals surface area contributed by atoms with Crippen LogP contribution < -0.4 is 10.9 Å². The number of anilines is 1. The van der Waals surface area contributed by atoms with Gasteiger partial charge in [0, 0.05) is 25.5 Å². The van der Waals surface area contributed by atoms with Crippen molar-refractivity contribution in [1.82, 2.24) is 19.8 Å². The largest absolute Gasteiger partial charge is 0.337 e. The van der Waals surface area contributed by atoms with Crippen LogP contribution in [0.4, 0.5) is 5.69 Å². The molecule has 0 bridgehead atoms. The maximum Gasteiger partial charge on any atom is 0.261 e. The van der Waals surface area contributed by atoms with Crippen molar-refractivity contribution in [3.63, 3.8) is 0 Å². The molecule has 2 aromatic rings. The van der Waals surface area contributed by atoms with Crippen molar-refractivity contribution in [2.45, 2.75) is 38.8 Å². The van der Waals surface area contributed by atoms with Crippen LogP contribution >= 0.6 is 0 Å². The van der Waals surface area contributed by atoms with Crippen molar-refractivity contribution in [3.8, 4) is 0 Å². The molecule has 2 amide bonds. The van der Waals surface area contributed by atoms with E-state index in [-0.39, 0.29) is 17.5 Å². The molecule has 2 aliphatic rings. The summed E-state index contributed by atoms with van der Waals surface area (Å²) >= 11 is 0. The first kappa shape index (κ1) is 19.3. The second-order valence-electron chi connectivity index (χ2n) is 7.74. The predicted molar refractivity (Wildman–Crippen MR) is 109 cm³/mol. The normalized spacial score (nSPS) is 19.1. The Morgan fingerprint density at radius 1 is 1.31 bits per heavy atom. The van der Waals surface area contributed by atoms with Gasteiger partial charge in [-0.1, -0.05) is 0 Å². The highest BCUT2D eigenvalue weighted by Gasteiger charge is 2.34. The Kier molecular flexibility index (Phi) is 5.19. The summed E-state index contributed by atoms with van der Waals surface area (Å²) in [5.74, 6) is -0.326. The predicted octanol–water partition coefficient (Wildman–Crippen LogP) is 1.31. The summed E-state index contributed by atoms with van der Waals surface area (Å²) in [6, 6.07) is 3.41. The average molecular weight is 395 g/mol. The monoisotopic (exact) mass is 395 g/mol. The molecule has 2 N–H and O–H groups in total. The average Bonchev–Trinajstić information content (AvgIpc) is 3.14. The Bertz CT molecular complexity index is 1020. The number of carbonyl (C=O) groups excluding carboxylic acids is 2. The van der Waals surface area contributed by atoms with Gasteiger partial charge in [-0.25, -0.2) is 0 Å². The number of pyridine rings is 2. The van der Waals surface area contributed by atoms with Crippen LogP contribution in [0.15, 0.2) is 29.3 Å². The third-order valence-electron chi connectivity index (χ3n) is 5.89. The fourth-order valence-corrected chi connectivity index (χ4v) is 4.23. The fraction of sp³-hybridized carbons (Fsp3) is 0.429. The number of fused-ring (bicyclic) bond motifs is 1. The lowest BCUT2D eigenvalue weighted by molar-refractivity contribution is -0.136. The minimum atomic E-state index is -0.450. The molecule has 8 heteroatoms. The van der Waals surface area contributed by atoms with Crippen LogP contribution in [0.3, 0.4) is 0 Å². The number of aromatic amines is 1. The minimum Gasteiger partial charge on any atom is -0.337 e. The minimum absolute atomic E-state index is 0.0735. The molecule has 4 rings (SSSR count). The number of aryl methyl sites for hydroxylation is 1. The van der Waals surface area contributed by atoms with Gasteiger partial charge < -0.3 is 15.2 Å². The third-order valence-corrected chi connectivity index (χ3v) is 5.89. The molecule has 0 saturated carbocycles. The molecule has 0 aliphatic carbocycles. The molecule has 2 aliphatic heterocycles. The molecule has 29 heavy (non-hydrogen) atoms. The first-order valence-electron chi connectivity index (χ1n) is 9.91. The first-order chi connectivity index (χ1) is 14.0. The van der Waals surface area contributed by atoms with E-state index in [0.717, 1.165) is 30.5 Å². The maximum atomic E-state index is 12.9. The zero-order valence-electron chi connectivity index (χ0n) is 16.7. The Balaban J connectivity index is 1.58. The summed E-state index contributed by atoms with van der Waals surface area (Å²) in [4.78, 5) is 49.0. The number of nitrogens with zero attached hydrogens (tertiary/aromatic N) is 3. The topological polar surface area (TPSA) is 98.4 Å². The zero-order valence-corrected chi connectivity index (χ0v) is 16.7. The second kappa shape index (κ2) is 7.79. The van der Waals surface area contributed by atoms with Crippen LogP contribution in [-0.4, -0.2) is 57.8 Å². The zero-order chi connectivity index (χ0) is 20.5. The molecule has 152 valence electrons. The van der Waals surface area contributed by atoms with Crippen LogP contribution in [0.2, 0.25) is 0 Å². The van der Waals surface area contributed by atoms with Gasteiger partial charge in [0.1, 0.15) is 5.56 Å². The smallest absolute Gasteiger partial charge is 0.261 e. The Labute approximate surface area is 168 Å². The molecule has 2 aromatic heterocycles. The summed E-state index contributed by atoms with van der Waals surface area (Å²) in [6.07, 6.45) is 5.67. The summed E-state index contributed by atoms with van der Waals surface area (Å²) in [5, 5.41) is 2.79. The van der Waals surface area contributed by atoms with E-state index in [1.54, 1.807) is 31.5 Å². The first-order valence-corrected chi connectivity index (χ1v) is 9.91. The van der Waals surface area contributed by atoms with E-state index in [2.05, 4.69) is 20.2 Å². The number of H-pyrrole nitrogens is 1. The number of nitrogens with one attached hydrogen (secondary N) is 2. The third kappa shape index (κ3) is 3.67. The van der Waals surface area contributed by atoms with Gasteiger partial charge in [0.05, 0.1) is 17.4 Å². The fourth-order valence-electron chi connectivity index (χ4n) is 4.23. The molecule has 0 aromatic carbocycles. The van der Waals surface area contributed by atoms with Crippen molar-refractivity contribution in [1.29, 1.82) is 0 Å². The lowest BCUT2D eigenvalue weighted by Gasteiger charge is -2.33. The van der Waals surface area contributed by atoms with Gasteiger partial charge in [-0.3, -0.25) is 24.3 Å². The van der Waals surface area contributed by atoms with Crippen LogP contribution in [0, 0.1) is 6.92 Å². The summed E-state index contributed by atoms with van der Waals surface area (Å²) in [7, 11) is 1.98. The Morgan fingerprint density at radius 3 is 2.86 bits per heavy atom. The number of rotatable bonds is 3. The van der Waals surface area contributed by atoms with E-state index >= 15 is 0 Å². The number of aromatic nitrogens is 2. The molecule has 1 fully saturated rings. The molecular weight excluding hydrogens is 370 g/mol. The summed E-state index contributed by atoms with van der Waals surface area (Å²) < 4.78 is 0. The van der Waals surface area contributed by atoms with E-state index in [1.165, 1.54) is 0 Å². The number of carbonyl (C=O) groups is 2. The van der Waals surface area contributed by atoms with E-state index in [4.69, 9.17) is 0 Å². The molecule has 0 unspecified atom stereocenters. The SMILES string of the molecule is Cc1ncccc1NC(=O)c1c2c(c[nH]c1=O)CN(C(=O)[C@@H]1CCCN1C)CC2. The van der Waals surface area contributed by atoms with Crippen molar-refractivity contribution >= 4 is 17.5 Å². The van der Waals surface area contributed by atoms with Crippen molar-refractivity contribution < 1.29 is 9.59 Å². The van der Waals surface area contributed by atoms with Gasteiger partial charge >= 0.3 is 0 Å². The summed E-state index contributed by atoms with van der Waals surface area (Å²) in [6.45, 7) is 3.64. The van der Waals surface area contributed by atoms with Crippen molar-refractivity contribution in [2.24, 2.45) is 0 Å². The second-order valence-corrected chi connectivity index (χ2v) is 7.74.